The van der Waals surface area contributed by atoms with Crippen molar-refractivity contribution < 1.29 is 32.3 Å². The molecule has 1 saturated heterocycles. The summed E-state index contributed by atoms with van der Waals surface area (Å²) in [6.45, 7) is 1.48. The Balaban J connectivity index is 1.66. The molecule has 10 heteroatoms. The molecule has 1 aromatic carbocycles. The third kappa shape index (κ3) is 4.63. The van der Waals surface area contributed by atoms with Crippen LogP contribution < -0.4 is 15.4 Å². The zero-order valence-electron chi connectivity index (χ0n) is 15.8. The van der Waals surface area contributed by atoms with Gasteiger partial charge in [-0.2, -0.15) is 0 Å². The molecule has 2 aliphatic rings. The summed E-state index contributed by atoms with van der Waals surface area (Å²) >= 11 is 0. The molecule has 158 valence electrons. The first-order chi connectivity index (χ1) is 13.6. The highest BCUT2D eigenvalue weighted by molar-refractivity contribution is 6.10. The second-order valence-corrected chi connectivity index (χ2v) is 7.35. The van der Waals surface area contributed by atoms with Crippen LogP contribution >= 0.6 is 0 Å². The molecule has 3 rings (SSSR count). The van der Waals surface area contributed by atoms with Crippen molar-refractivity contribution in [2.24, 2.45) is 5.92 Å². The van der Waals surface area contributed by atoms with Gasteiger partial charge in [-0.3, -0.25) is 14.5 Å². The number of hydrogen-bond donors (Lipinski definition) is 2. The minimum absolute atomic E-state index is 0.208. The van der Waals surface area contributed by atoms with E-state index in [9.17, 15) is 27.6 Å². The summed E-state index contributed by atoms with van der Waals surface area (Å²) in [4.78, 5) is 38.3. The van der Waals surface area contributed by atoms with Crippen molar-refractivity contribution in [3.63, 3.8) is 0 Å². The first kappa shape index (κ1) is 20.9. The van der Waals surface area contributed by atoms with Crippen LogP contribution in [-0.2, 0) is 9.59 Å². The number of ether oxygens (including phenoxy) is 1. The normalized spacial score (nSPS) is 24.6. The molecular formula is C19H22F3N3O4. The van der Waals surface area contributed by atoms with Gasteiger partial charge < -0.3 is 15.4 Å². The van der Waals surface area contributed by atoms with Crippen LogP contribution in [0.2, 0.25) is 0 Å². The first-order valence-corrected chi connectivity index (χ1v) is 9.42. The van der Waals surface area contributed by atoms with Crippen LogP contribution in [0, 0.1) is 5.92 Å². The van der Waals surface area contributed by atoms with Gasteiger partial charge in [0.25, 0.3) is 5.91 Å². The highest BCUT2D eigenvalue weighted by Crippen LogP contribution is 2.37. The van der Waals surface area contributed by atoms with Gasteiger partial charge in [0.1, 0.15) is 12.1 Å². The molecule has 1 aliphatic heterocycles. The molecule has 1 heterocycles. The van der Waals surface area contributed by atoms with E-state index in [1.165, 1.54) is 18.2 Å². The van der Waals surface area contributed by atoms with Crippen molar-refractivity contribution in [1.29, 1.82) is 0 Å². The second kappa shape index (κ2) is 7.92. The van der Waals surface area contributed by atoms with Crippen LogP contribution in [0.15, 0.2) is 24.3 Å². The molecule has 0 bridgehead atoms. The fourth-order valence-electron chi connectivity index (χ4n) is 3.85. The maximum absolute atomic E-state index is 12.8. The highest BCUT2D eigenvalue weighted by Gasteiger charge is 2.52. The molecule has 1 aliphatic carbocycles. The third-order valence-electron chi connectivity index (χ3n) is 5.47. The molecule has 0 aromatic heterocycles. The Kier molecular flexibility index (Phi) is 5.72. The van der Waals surface area contributed by atoms with E-state index in [0.29, 0.717) is 18.8 Å². The van der Waals surface area contributed by atoms with E-state index in [2.05, 4.69) is 22.3 Å². The van der Waals surface area contributed by atoms with Crippen molar-refractivity contribution in [3.8, 4) is 5.75 Å². The predicted molar refractivity (Wildman–Crippen MR) is 97.0 cm³/mol. The van der Waals surface area contributed by atoms with E-state index >= 15 is 0 Å². The highest BCUT2D eigenvalue weighted by atomic mass is 19.4. The lowest BCUT2D eigenvalue weighted by molar-refractivity contribution is -0.274. The Morgan fingerprint density at radius 2 is 1.93 bits per heavy atom. The van der Waals surface area contributed by atoms with Gasteiger partial charge in [-0.15, -0.1) is 13.2 Å². The Morgan fingerprint density at radius 3 is 2.55 bits per heavy atom. The average Bonchev–Trinajstić information content (AvgIpc) is 2.87. The van der Waals surface area contributed by atoms with E-state index in [1.54, 1.807) is 0 Å². The van der Waals surface area contributed by atoms with Gasteiger partial charge in [-0.25, -0.2) is 4.79 Å². The minimum atomic E-state index is -4.92. The number of imide groups is 1. The van der Waals surface area contributed by atoms with Crippen LogP contribution in [0.4, 0.5) is 23.7 Å². The maximum Gasteiger partial charge on any atom is 0.573 e. The summed E-state index contributed by atoms with van der Waals surface area (Å²) in [5.74, 6) is -1.34. The summed E-state index contributed by atoms with van der Waals surface area (Å²) in [5, 5.41) is 4.98. The van der Waals surface area contributed by atoms with E-state index in [1.807, 2.05) is 0 Å². The Bertz CT molecular complexity index is 804. The quantitative estimate of drug-likeness (QED) is 0.725. The van der Waals surface area contributed by atoms with E-state index in [0.717, 1.165) is 30.2 Å². The molecule has 0 radical (unpaired) electrons. The van der Waals surface area contributed by atoms with E-state index in [-0.39, 0.29) is 5.69 Å². The van der Waals surface area contributed by atoms with Gasteiger partial charge in [-0.1, -0.05) is 25.5 Å². The van der Waals surface area contributed by atoms with Gasteiger partial charge in [0.05, 0.1) is 5.69 Å². The number of alkyl halides is 3. The minimum Gasteiger partial charge on any atom is -0.404 e. The topological polar surface area (TPSA) is 87.7 Å². The van der Waals surface area contributed by atoms with Crippen molar-refractivity contribution >= 4 is 23.5 Å². The molecule has 0 unspecified atom stereocenters. The Hall–Kier alpha value is -2.78. The number of nitrogens with zero attached hydrogens (tertiary/aromatic N) is 1. The first-order valence-electron chi connectivity index (χ1n) is 9.42. The monoisotopic (exact) mass is 413 g/mol. The van der Waals surface area contributed by atoms with Gasteiger partial charge in [0, 0.05) is 0 Å². The molecule has 2 N–H and O–H groups in total. The molecule has 7 nitrogen and oxygen atoms in total. The Morgan fingerprint density at radius 1 is 1.28 bits per heavy atom. The molecule has 1 spiro atoms. The average molecular weight is 413 g/mol. The molecule has 0 atom stereocenters. The van der Waals surface area contributed by atoms with Gasteiger partial charge in [0.2, 0.25) is 5.91 Å². The summed E-state index contributed by atoms with van der Waals surface area (Å²) in [6.07, 6.45) is -1.28. The fraction of sp³-hybridized carbons (Fsp3) is 0.526. The number of urea groups is 1. The number of halogens is 3. The van der Waals surface area contributed by atoms with Crippen LogP contribution in [0.1, 0.15) is 39.0 Å². The van der Waals surface area contributed by atoms with Gasteiger partial charge in [-0.05, 0) is 43.7 Å². The number of carbonyl (C=O) groups is 3. The van der Waals surface area contributed by atoms with Crippen LogP contribution in [0.25, 0.3) is 0 Å². The molecule has 4 amide bonds. The van der Waals surface area contributed by atoms with Gasteiger partial charge in [0.15, 0.2) is 5.75 Å². The summed E-state index contributed by atoms with van der Waals surface area (Å²) in [5.41, 5.74) is -1.19. The molecule has 2 fully saturated rings. The number of hydrogen-bond acceptors (Lipinski definition) is 4. The third-order valence-corrected chi connectivity index (χ3v) is 5.47. The van der Waals surface area contributed by atoms with Crippen molar-refractivity contribution in [2.75, 3.05) is 11.9 Å². The molecule has 29 heavy (non-hydrogen) atoms. The Labute approximate surface area is 165 Å². The summed E-state index contributed by atoms with van der Waals surface area (Å²) in [7, 11) is 0. The predicted octanol–water partition coefficient (Wildman–Crippen LogP) is 3.41. The number of rotatable bonds is 5. The van der Waals surface area contributed by atoms with E-state index < -0.39 is 42.0 Å². The summed E-state index contributed by atoms with van der Waals surface area (Å²) < 4.78 is 41.4. The number of amides is 4. The molecular weight excluding hydrogens is 391 g/mol. The zero-order chi connectivity index (χ0) is 21.2. The molecule has 1 aromatic rings. The maximum atomic E-state index is 12.8. The SMILES string of the molecule is CCC1CCC2(CC1)NC(=O)N(CC(=O)Nc1ccccc1OC(F)(F)F)C2=O. The fourth-order valence-corrected chi connectivity index (χ4v) is 3.85. The van der Waals surface area contributed by atoms with Crippen LogP contribution in [0.5, 0.6) is 5.75 Å². The smallest absolute Gasteiger partial charge is 0.404 e. The lowest BCUT2D eigenvalue weighted by Gasteiger charge is -2.34. The van der Waals surface area contributed by atoms with E-state index in [4.69, 9.17) is 0 Å². The summed E-state index contributed by atoms with van der Waals surface area (Å²) in [6, 6.07) is 4.37. The number of benzene rings is 1. The number of anilines is 1. The lowest BCUT2D eigenvalue weighted by Crippen LogP contribution is -2.49. The largest absolute Gasteiger partial charge is 0.573 e. The van der Waals surface area contributed by atoms with Gasteiger partial charge >= 0.3 is 12.4 Å². The number of para-hydroxylation sites is 2. The van der Waals surface area contributed by atoms with Crippen molar-refractivity contribution in [1.82, 2.24) is 10.2 Å². The second-order valence-electron chi connectivity index (χ2n) is 7.35. The standard InChI is InChI=1S/C19H22F3N3O4/c1-2-12-7-9-18(10-8-12)16(27)25(17(28)24-18)11-15(26)23-13-5-3-4-6-14(13)29-19(20,21)22/h3-6,12H,2,7-11H2,1H3,(H,23,26)(H,24,28). The van der Waals surface area contributed by atoms with Crippen LogP contribution in [0.3, 0.4) is 0 Å². The van der Waals surface area contributed by atoms with Crippen molar-refractivity contribution in [2.45, 2.75) is 50.9 Å². The number of carbonyl (C=O) groups excluding carboxylic acids is 3. The number of nitrogens with one attached hydrogen (secondary N) is 2. The molecule has 1 saturated carbocycles. The zero-order valence-corrected chi connectivity index (χ0v) is 15.8. The van der Waals surface area contributed by atoms with Crippen LogP contribution in [-0.4, -0.2) is 41.2 Å². The van der Waals surface area contributed by atoms with Crippen molar-refractivity contribution in [3.05, 3.63) is 24.3 Å². The lowest BCUT2D eigenvalue weighted by atomic mass is 9.75.